The molecule has 0 heterocycles. The number of aldehydes is 3. The summed E-state index contributed by atoms with van der Waals surface area (Å²) in [6, 6.07) is 0. The second-order valence-electron chi connectivity index (χ2n) is 4.34. The van der Waals surface area contributed by atoms with E-state index in [0.29, 0.717) is 0 Å². The number of Topliss-reactive ketones (excluding diaryl/α,β-unsaturated/α-hetero) is 4. The SMILES string of the molecule is CC.CC.CC(C)=O.CC(C)=O.CC(C)=O.CC(C)=O.CC=O.CC=O.CC=O. The van der Waals surface area contributed by atoms with Crippen LogP contribution in [-0.2, 0) is 33.6 Å². The molecule has 0 aromatic rings. The Balaban J connectivity index is -0.0000000224. The number of rotatable bonds is 0. The van der Waals surface area contributed by atoms with Gasteiger partial charge in [0, 0.05) is 0 Å². The van der Waals surface area contributed by atoms with Crippen LogP contribution in [0.25, 0.3) is 0 Å². The lowest BCUT2D eigenvalue weighted by molar-refractivity contribution is -0.115. The highest BCUT2D eigenvalue weighted by Crippen LogP contribution is 1.51. The Hall–Kier alpha value is -2.31. The molecule has 0 aromatic heterocycles. The molecule has 29 heavy (non-hydrogen) atoms. The number of carbonyl (C=O) groups excluding carboxylic acids is 7. The number of hydrogen-bond acceptors (Lipinski definition) is 7. The minimum atomic E-state index is 0.167. The average Bonchev–Trinajstić information content (AvgIpc) is 2.51. The predicted octanol–water partition coefficient (Wildman–Crippen LogP) is 5.05. The molecule has 178 valence electrons. The number of ketones is 4. The summed E-state index contributed by atoms with van der Waals surface area (Å²) in [7, 11) is 0. The lowest BCUT2D eigenvalue weighted by atomic mass is 10.6. The molecule has 0 spiro atoms. The van der Waals surface area contributed by atoms with E-state index >= 15 is 0 Å². The lowest BCUT2D eigenvalue weighted by Gasteiger charge is -1.56. The van der Waals surface area contributed by atoms with E-state index < -0.39 is 0 Å². The summed E-state index contributed by atoms with van der Waals surface area (Å²) in [5.74, 6) is 0.667. The fraction of sp³-hybridized carbons (Fsp3) is 0.682. The van der Waals surface area contributed by atoms with Gasteiger partial charge in [0.25, 0.3) is 0 Å². The predicted molar refractivity (Wildman–Crippen MR) is 123 cm³/mol. The van der Waals surface area contributed by atoms with Crippen LogP contribution in [0.1, 0.15) is 104 Å². The summed E-state index contributed by atoms with van der Waals surface area (Å²) in [6.45, 7) is 24.6. The zero-order valence-corrected chi connectivity index (χ0v) is 21.6. The molecule has 7 heteroatoms. The first-order chi connectivity index (χ1) is 13.2. The van der Waals surface area contributed by atoms with Crippen LogP contribution in [0.4, 0.5) is 0 Å². The summed E-state index contributed by atoms with van der Waals surface area (Å²) in [5, 5.41) is 0. The third kappa shape index (κ3) is 2700. The highest BCUT2D eigenvalue weighted by atomic mass is 16.1. The van der Waals surface area contributed by atoms with Crippen molar-refractivity contribution in [1.82, 2.24) is 0 Å². The van der Waals surface area contributed by atoms with Gasteiger partial charge >= 0.3 is 0 Å². The first kappa shape index (κ1) is 56.3. The molecule has 0 aliphatic heterocycles. The average molecular weight is 425 g/mol. The molecular weight excluding hydrogens is 376 g/mol. The van der Waals surface area contributed by atoms with Gasteiger partial charge < -0.3 is 33.6 Å². The van der Waals surface area contributed by atoms with Gasteiger partial charge in [-0.15, -0.1) is 0 Å². The molecule has 0 saturated heterocycles. The van der Waals surface area contributed by atoms with Gasteiger partial charge in [-0.2, -0.15) is 0 Å². The van der Waals surface area contributed by atoms with Crippen LogP contribution in [0.2, 0.25) is 0 Å². The van der Waals surface area contributed by atoms with Crippen LogP contribution >= 0.6 is 0 Å². The molecule has 0 rings (SSSR count). The van der Waals surface area contributed by atoms with E-state index in [1.165, 1.54) is 76.2 Å². The van der Waals surface area contributed by atoms with Crippen molar-refractivity contribution in [3.63, 3.8) is 0 Å². The van der Waals surface area contributed by atoms with Crippen molar-refractivity contribution >= 4 is 42.0 Å². The molecule has 0 radical (unpaired) electrons. The first-order valence-corrected chi connectivity index (χ1v) is 9.26. The van der Waals surface area contributed by atoms with Gasteiger partial charge in [-0.3, -0.25) is 0 Å². The number of hydrogen-bond donors (Lipinski definition) is 0. The topological polar surface area (TPSA) is 119 Å². The molecule has 0 unspecified atom stereocenters. The maximum absolute atomic E-state index is 9.44. The number of carbonyl (C=O) groups is 7. The van der Waals surface area contributed by atoms with Crippen LogP contribution in [0, 0.1) is 0 Å². The van der Waals surface area contributed by atoms with Gasteiger partial charge in [0.1, 0.15) is 42.0 Å². The molecule has 0 N–H and O–H groups in total. The molecule has 7 nitrogen and oxygen atoms in total. The third-order valence-corrected chi connectivity index (χ3v) is 0. The highest BCUT2D eigenvalue weighted by molar-refractivity contribution is 5.72. The Labute approximate surface area is 180 Å². The van der Waals surface area contributed by atoms with Gasteiger partial charge in [-0.25, -0.2) is 0 Å². The molecule has 0 bridgehead atoms. The summed E-state index contributed by atoms with van der Waals surface area (Å²) in [4.78, 5) is 64.2. The Morgan fingerprint density at radius 1 is 0.379 bits per heavy atom. The quantitative estimate of drug-likeness (QED) is 0.499. The summed E-state index contributed by atoms with van der Waals surface area (Å²) < 4.78 is 0. The zero-order valence-electron chi connectivity index (χ0n) is 21.6. The third-order valence-electron chi connectivity index (χ3n) is 0. The van der Waals surface area contributed by atoms with E-state index in [-0.39, 0.29) is 23.1 Å². The molecule has 0 amide bonds. The summed E-state index contributed by atoms with van der Waals surface area (Å²) in [5.41, 5.74) is 0. The highest BCUT2D eigenvalue weighted by Gasteiger charge is 1.63. The Bertz CT molecular complexity index is 256. The van der Waals surface area contributed by atoms with Crippen molar-refractivity contribution in [2.24, 2.45) is 0 Å². The monoisotopic (exact) mass is 424 g/mol. The van der Waals surface area contributed by atoms with Gasteiger partial charge in [-0.1, -0.05) is 27.7 Å². The molecule has 0 aliphatic carbocycles. The minimum absolute atomic E-state index is 0.167. The smallest absolute Gasteiger partial charge is 0.126 e. The van der Waals surface area contributed by atoms with Crippen LogP contribution < -0.4 is 0 Å². The minimum Gasteiger partial charge on any atom is -0.304 e. The Morgan fingerprint density at radius 2 is 0.379 bits per heavy atom. The van der Waals surface area contributed by atoms with Crippen molar-refractivity contribution in [3.05, 3.63) is 0 Å². The van der Waals surface area contributed by atoms with Gasteiger partial charge in [0.15, 0.2) is 0 Å². The van der Waals surface area contributed by atoms with Crippen molar-refractivity contribution in [2.45, 2.75) is 104 Å². The van der Waals surface area contributed by atoms with E-state index in [1.54, 1.807) is 0 Å². The first-order valence-electron chi connectivity index (χ1n) is 9.26. The van der Waals surface area contributed by atoms with Crippen molar-refractivity contribution in [3.8, 4) is 0 Å². The van der Waals surface area contributed by atoms with Crippen LogP contribution in [0.3, 0.4) is 0 Å². The zero-order chi connectivity index (χ0) is 26.4. The Kier molecular flexibility index (Phi) is 189. The van der Waals surface area contributed by atoms with Crippen LogP contribution in [-0.4, -0.2) is 42.0 Å². The lowest BCUT2D eigenvalue weighted by Crippen LogP contribution is -1.69. The van der Waals surface area contributed by atoms with E-state index in [0.717, 1.165) is 18.9 Å². The summed E-state index contributed by atoms with van der Waals surface area (Å²) in [6.07, 6.45) is 2.25. The fourth-order valence-electron chi connectivity index (χ4n) is 0. The molecule has 0 aliphatic rings. The standard InChI is InChI=1S/4C3H6O.3C2H4O.2C2H6/c4*1-3(2)4;3*1-2-3;2*1-2/h4*1-2H3;3*2H,1H3;2*1-2H3. The Morgan fingerprint density at radius 3 is 0.379 bits per heavy atom. The molecule has 0 fully saturated rings. The van der Waals surface area contributed by atoms with Gasteiger partial charge in [0.2, 0.25) is 0 Å². The van der Waals surface area contributed by atoms with Gasteiger partial charge in [0.05, 0.1) is 0 Å². The van der Waals surface area contributed by atoms with E-state index in [4.69, 9.17) is 14.4 Å². The normalized spacial score (nSPS) is 5.34. The van der Waals surface area contributed by atoms with Crippen molar-refractivity contribution in [1.29, 1.82) is 0 Å². The second kappa shape index (κ2) is 97.2. The van der Waals surface area contributed by atoms with E-state index in [9.17, 15) is 19.2 Å². The van der Waals surface area contributed by atoms with Crippen molar-refractivity contribution in [2.75, 3.05) is 0 Å². The van der Waals surface area contributed by atoms with Crippen molar-refractivity contribution < 1.29 is 33.6 Å². The van der Waals surface area contributed by atoms with Gasteiger partial charge in [-0.05, 0) is 76.2 Å². The van der Waals surface area contributed by atoms with E-state index in [1.807, 2.05) is 27.7 Å². The maximum Gasteiger partial charge on any atom is 0.126 e. The molecular formula is C22H48O7. The fourth-order valence-corrected chi connectivity index (χ4v) is 0. The van der Waals surface area contributed by atoms with Crippen LogP contribution in [0.15, 0.2) is 0 Å². The maximum atomic E-state index is 9.44. The summed E-state index contributed by atoms with van der Waals surface area (Å²) >= 11 is 0. The van der Waals surface area contributed by atoms with E-state index in [2.05, 4.69) is 0 Å². The molecule has 0 saturated carbocycles. The molecule has 0 aromatic carbocycles. The van der Waals surface area contributed by atoms with Crippen LogP contribution in [0.5, 0.6) is 0 Å². The molecule has 0 atom stereocenters. The second-order valence-corrected chi connectivity index (χ2v) is 4.34. The largest absolute Gasteiger partial charge is 0.304 e.